The zero-order chi connectivity index (χ0) is 14.5. The number of ether oxygens (including phenoxy) is 2. The van der Waals surface area contributed by atoms with Gasteiger partial charge < -0.3 is 9.47 Å². The van der Waals surface area contributed by atoms with Crippen molar-refractivity contribution in [1.29, 1.82) is 10.5 Å². The van der Waals surface area contributed by atoms with Gasteiger partial charge in [-0.05, 0) is 32.0 Å². The van der Waals surface area contributed by atoms with Crippen LogP contribution < -0.4 is 4.74 Å². The van der Waals surface area contributed by atoms with E-state index in [1.54, 1.807) is 19.9 Å². The molecular formula is C14H14N2O3. The molecule has 0 spiro atoms. The fraction of sp³-hybridized carbons (Fsp3) is 0.357. The van der Waals surface area contributed by atoms with Crippen molar-refractivity contribution >= 4 is 5.97 Å². The van der Waals surface area contributed by atoms with Crippen molar-refractivity contribution < 1.29 is 14.3 Å². The van der Waals surface area contributed by atoms with E-state index < -0.39 is 5.41 Å². The summed E-state index contributed by atoms with van der Waals surface area (Å²) < 4.78 is 10.1. The Hall–Kier alpha value is -2.53. The number of hydrogen-bond donors (Lipinski definition) is 0. The third-order valence-corrected chi connectivity index (χ3v) is 2.57. The molecule has 5 heteroatoms. The van der Waals surface area contributed by atoms with Crippen LogP contribution >= 0.6 is 0 Å². The van der Waals surface area contributed by atoms with Gasteiger partial charge in [-0.3, -0.25) is 4.79 Å². The minimum Gasteiger partial charge on any atom is -0.492 e. The summed E-state index contributed by atoms with van der Waals surface area (Å²) in [4.78, 5) is 11.5. The number of methoxy groups -OCH3 is 1. The monoisotopic (exact) mass is 258 g/mol. The van der Waals surface area contributed by atoms with Gasteiger partial charge in [-0.1, -0.05) is 0 Å². The van der Waals surface area contributed by atoms with Crippen molar-refractivity contribution in [3.8, 4) is 17.9 Å². The zero-order valence-corrected chi connectivity index (χ0v) is 11.1. The van der Waals surface area contributed by atoms with Gasteiger partial charge in [-0.2, -0.15) is 10.5 Å². The van der Waals surface area contributed by atoms with E-state index in [0.29, 0.717) is 11.3 Å². The second kappa shape index (κ2) is 5.88. The van der Waals surface area contributed by atoms with Crippen molar-refractivity contribution in [1.82, 2.24) is 0 Å². The molecule has 1 rings (SSSR count). The van der Waals surface area contributed by atoms with Crippen molar-refractivity contribution in [3.63, 3.8) is 0 Å². The molecule has 0 heterocycles. The van der Waals surface area contributed by atoms with E-state index in [-0.39, 0.29) is 18.1 Å². The normalized spacial score (nSPS) is 10.2. The molecule has 1 aromatic rings. The van der Waals surface area contributed by atoms with Crippen LogP contribution in [0.3, 0.4) is 0 Å². The summed E-state index contributed by atoms with van der Waals surface area (Å²) in [5.41, 5.74) is -0.243. The van der Waals surface area contributed by atoms with E-state index in [9.17, 15) is 4.79 Å². The van der Waals surface area contributed by atoms with Crippen LogP contribution in [0.5, 0.6) is 5.75 Å². The van der Waals surface area contributed by atoms with Crippen molar-refractivity contribution in [2.75, 3.05) is 13.7 Å². The third-order valence-electron chi connectivity index (χ3n) is 2.57. The third kappa shape index (κ3) is 3.46. The minimum absolute atomic E-state index is 0.121. The fourth-order valence-electron chi connectivity index (χ4n) is 1.40. The van der Waals surface area contributed by atoms with Crippen molar-refractivity contribution in [2.24, 2.45) is 5.41 Å². The Morgan fingerprint density at radius 3 is 2.42 bits per heavy atom. The SMILES string of the molecule is COC(=O)C(C)(C)COc1ccc(C#N)c(C#N)c1. The molecule has 98 valence electrons. The average Bonchev–Trinajstić information content (AvgIpc) is 2.43. The van der Waals surface area contributed by atoms with Crippen LogP contribution in [0.15, 0.2) is 18.2 Å². The first-order valence-electron chi connectivity index (χ1n) is 5.60. The molecule has 0 saturated heterocycles. The number of nitrogens with zero attached hydrogens (tertiary/aromatic N) is 2. The van der Waals surface area contributed by atoms with Gasteiger partial charge >= 0.3 is 5.97 Å². The summed E-state index contributed by atoms with van der Waals surface area (Å²) in [5, 5.41) is 17.7. The Balaban J connectivity index is 2.83. The Bertz CT molecular complexity index is 565. The molecule has 0 saturated carbocycles. The lowest BCUT2D eigenvalue weighted by Gasteiger charge is -2.21. The van der Waals surface area contributed by atoms with Crippen LogP contribution in [0.1, 0.15) is 25.0 Å². The standard InChI is InChI=1S/C14H14N2O3/c1-14(2,13(17)18-3)9-19-12-5-4-10(7-15)11(6-12)8-16/h4-6H,9H2,1-3H3. The van der Waals surface area contributed by atoms with Crippen LogP contribution in [0.2, 0.25) is 0 Å². The smallest absolute Gasteiger partial charge is 0.314 e. The minimum atomic E-state index is -0.782. The number of esters is 1. The van der Waals surface area contributed by atoms with E-state index in [0.717, 1.165) is 0 Å². The Kier molecular flexibility index (Phi) is 4.50. The van der Waals surface area contributed by atoms with Gasteiger partial charge in [0.15, 0.2) is 0 Å². The van der Waals surface area contributed by atoms with Gasteiger partial charge in [0.25, 0.3) is 0 Å². The summed E-state index contributed by atoms with van der Waals surface area (Å²) in [6.45, 7) is 3.53. The van der Waals surface area contributed by atoms with E-state index >= 15 is 0 Å². The lowest BCUT2D eigenvalue weighted by Crippen LogP contribution is -2.32. The van der Waals surface area contributed by atoms with Gasteiger partial charge in [0, 0.05) is 0 Å². The molecule has 0 radical (unpaired) electrons. The second-order valence-electron chi connectivity index (χ2n) is 4.60. The van der Waals surface area contributed by atoms with Crippen LogP contribution in [0.4, 0.5) is 0 Å². The van der Waals surface area contributed by atoms with Gasteiger partial charge in [0.1, 0.15) is 24.5 Å². The lowest BCUT2D eigenvalue weighted by atomic mass is 9.95. The van der Waals surface area contributed by atoms with Gasteiger partial charge in [0.2, 0.25) is 0 Å². The maximum atomic E-state index is 11.5. The summed E-state index contributed by atoms with van der Waals surface area (Å²) in [7, 11) is 1.32. The topological polar surface area (TPSA) is 83.1 Å². The maximum absolute atomic E-state index is 11.5. The summed E-state index contributed by atoms with van der Waals surface area (Å²) >= 11 is 0. The average molecular weight is 258 g/mol. The molecule has 5 nitrogen and oxygen atoms in total. The maximum Gasteiger partial charge on any atom is 0.314 e. The molecular weight excluding hydrogens is 244 g/mol. The highest BCUT2D eigenvalue weighted by molar-refractivity contribution is 5.75. The van der Waals surface area contributed by atoms with Gasteiger partial charge in [-0.25, -0.2) is 0 Å². The highest BCUT2D eigenvalue weighted by Crippen LogP contribution is 2.22. The first-order chi connectivity index (χ1) is 8.94. The second-order valence-corrected chi connectivity index (χ2v) is 4.60. The Morgan fingerprint density at radius 1 is 1.26 bits per heavy atom. The predicted octanol–water partition coefficient (Wildman–Crippen LogP) is 2.01. The van der Waals surface area contributed by atoms with Crippen LogP contribution in [-0.4, -0.2) is 19.7 Å². The summed E-state index contributed by atoms with van der Waals surface area (Å²) in [6.07, 6.45) is 0. The predicted molar refractivity (Wildman–Crippen MR) is 67.2 cm³/mol. The first kappa shape index (κ1) is 14.5. The fourth-order valence-corrected chi connectivity index (χ4v) is 1.40. The molecule has 0 aliphatic heterocycles. The molecule has 0 aliphatic carbocycles. The summed E-state index contributed by atoms with van der Waals surface area (Å²) in [6, 6.07) is 8.43. The summed E-state index contributed by atoms with van der Waals surface area (Å²) in [5.74, 6) is 0.0641. The van der Waals surface area contributed by atoms with Crippen LogP contribution in [0.25, 0.3) is 0 Å². The molecule has 0 bridgehead atoms. The van der Waals surface area contributed by atoms with E-state index in [1.807, 2.05) is 12.1 Å². The molecule has 0 unspecified atom stereocenters. The largest absolute Gasteiger partial charge is 0.492 e. The molecule has 0 amide bonds. The Labute approximate surface area is 112 Å². The number of benzene rings is 1. The van der Waals surface area contributed by atoms with Gasteiger partial charge in [-0.15, -0.1) is 0 Å². The highest BCUT2D eigenvalue weighted by Gasteiger charge is 2.29. The number of hydrogen-bond acceptors (Lipinski definition) is 5. The number of rotatable bonds is 4. The molecule has 0 aliphatic rings. The van der Waals surface area contributed by atoms with E-state index in [2.05, 4.69) is 4.74 Å². The van der Waals surface area contributed by atoms with Crippen molar-refractivity contribution in [2.45, 2.75) is 13.8 Å². The quantitative estimate of drug-likeness (QED) is 0.771. The molecule has 1 aromatic carbocycles. The lowest BCUT2D eigenvalue weighted by molar-refractivity contribution is -0.152. The zero-order valence-electron chi connectivity index (χ0n) is 11.1. The number of carbonyl (C=O) groups is 1. The van der Waals surface area contributed by atoms with E-state index in [4.69, 9.17) is 15.3 Å². The van der Waals surface area contributed by atoms with Crippen LogP contribution in [0, 0.1) is 28.1 Å². The first-order valence-corrected chi connectivity index (χ1v) is 5.60. The molecule has 19 heavy (non-hydrogen) atoms. The molecule has 0 N–H and O–H groups in total. The Morgan fingerprint density at radius 2 is 1.89 bits per heavy atom. The number of nitriles is 2. The number of carbonyl (C=O) groups excluding carboxylic acids is 1. The van der Waals surface area contributed by atoms with E-state index in [1.165, 1.54) is 19.2 Å². The molecule has 0 aromatic heterocycles. The molecule has 0 atom stereocenters. The van der Waals surface area contributed by atoms with Gasteiger partial charge in [0.05, 0.1) is 23.7 Å². The van der Waals surface area contributed by atoms with Crippen LogP contribution in [-0.2, 0) is 9.53 Å². The molecule has 0 fully saturated rings. The van der Waals surface area contributed by atoms with Crippen molar-refractivity contribution in [3.05, 3.63) is 29.3 Å². The highest BCUT2D eigenvalue weighted by atomic mass is 16.5.